The molecule has 6 heteroatoms. The lowest BCUT2D eigenvalue weighted by atomic mass is 10.0. The van der Waals surface area contributed by atoms with Crippen LogP contribution in [0, 0.1) is 5.92 Å². The minimum atomic E-state index is -3.02. The van der Waals surface area contributed by atoms with E-state index in [4.69, 9.17) is 4.74 Å². The molecule has 0 saturated carbocycles. The average molecular weight is 368 g/mol. The SMILES string of the molecule is COCCN(C(=O)Cc1ccc(CC(C)C)cc1)C1CCS(=O)(=O)C1. The van der Waals surface area contributed by atoms with Gasteiger partial charge in [0.1, 0.15) is 0 Å². The van der Waals surface area contributed by atoms with E-state index in [2.05, 4.69) is 26.0 Å². The summed E-state index contributed by atoms with van der Waals surface area (Å²) in [6, 6.07) is 7.91. The van der Waals surface area contributed by atoms with Crippen LogP contribution in [0.2, 0.25) is 0 Å². The lowest BCUT2D eigenvalue weighted by Gasteiger charge is -2.28. The molecule has 0 aromatic heterocycles. The molecule has 1 aliphatic rings. The molecule has 0 aliphatic carbocycles. The maximum Gasteiger partial charge on any atom is 0.227 e. The molecule has 2 rings (SSSR count). The molecule has 5 nitrogen and oxygen atoms in total. The second-order valence-corrected chi connectivity index (χ2v) is 9.46. The molecule has 1 heterocycles. The van der Waals surface area contributed by atoms with E-state index in [1.54, 1.807) is 12.0 Å². The molecular formula is C19H29NO4S. The first-order valence-corrected chi connectivity index (χ1v) is 10.7. The Morgan fingerprint density at radius 1 is 1.24 bits per heavy atom. The van der Waals surface area contributed by atoms with Crippen molar-refractivity contribution in [1.82, 2.24) is 4.90 Å². The largest absolute Gasteiger partial charge is 0.383 e. The zero-order chi connectivity index (χ0) is 18.4. The van der Waals surface area contributed by atoms with Gasteiger partial charge in [-0.1, -0.05) is 38.1 Å². The van der Waals surface area contributed by atoms with E-state index in [1.165, 1.54) is 5.56 Å². The van der Waals surface area contributed by atoms with Crippen molar-refractivity contribution in [2.75, 3.05) is 31.8 Å². The van der Waals surface area contributed by atoms with Gasteiger partial charge in [0.2, 0.25) is 5.91 Å². The van der Waals surface area contributed by atoms with Crippen molar-refractivity contribution in [3.63, 3.8) is 0 Å². The highest BCUT2D eigenvalue weighted by Crippen LogP contribution is 2.19. The van der Waals surface area contributed by atoms with Gasteiger partial charge in [-0.2, -0.15) is 0 Å². The van der Waals surface area contributed by atoms with Crippen molar-refractivity contribution in [3.05, 3.63) is 35.4 Å². The lowest BCUT2D eigenvalue weighted by Crippen LogP contribution is -2.43. The number of rotatable bonds is 8. The quantitative estimate of drug-likeness (QED) is 0.706. The van der Waals surface area contributed by atoms with Crippen molar-refractivity contribution in [3.8, 4) is 0 Å². The predicted molar refractivity (Wildman–Crippen MR) is 99.3 cm³/mol. The number of benzene rings is 1. The van der Waals surface area contributed by atoms with Gasteiger partial charge in [0.25, 0.3) is 0 Å². The van der Waals surface area contributed by atoms with Crippen molar-refractivity contribution < 1.29 is 17.9 Å². The first-order valence-electron chi connectivity index (χ1n) is 8.87. The second-order valence-electron chi connectivity index (χ2n) is 7.23. The Balaban J connectivity index is 2.03. The lowest BCUT2D eigenvalue weighted by molar-refractivity contribution is -0.133. The third-order valence-electron chi connectivity index (χ3n) is 4.53. The first-order chi connectivity index (χ1) is 11.8. The maximum absolute atomic E-state index is 12.8. The summed E-state index contributed by atoms with van der Waals surface area (Å²) in [4.78, 5) is 14.4. The van der Waals surface area contributed by atoms with Crippen LogP contribution in [-0.4, -0.2) is 57.0 Å². The predicted octanol–water partition coefficient (Wildman–Crippen LogP) is 2.09. The number of carbonyl (C=O) groups is 1. The normalized spacial score (nSPS) is 19.3. The van der Waals surface area contributed by atoms with Gasteiger partial charge >= 0.3 is 0 Å². The smallest absolute Gasteiger partial charge is 0.227 e. The Bertz CT molecular complexity index is 667. The first kappa shape index (κ1) is 19.9. The van der Waals surface area contributed by atoms with Crippen molar-refractivity contribution in [2.45, 2.75) is 39.2 Å². The van der Waals surface area contributed by atoms with Crippen LogP contribution in [0.3, 0.4) is 0 Å². The van der Waals surface area contributed by atoms with E-state index in [-0.39, 0.29) is 23.5 Å². The van der Waals surface area contributed by atoms with Crippen molar-refractivity contribution >= 4 is 15.7 Å². The van der Waals surface area contributed by atoms with E-state index in [1.807, 2.05) is 12.1 Å². The van der Waals surface area contributed by atoms with Gasteiger partial charge < -0.3 is 9.64 Å². The van der Waals surface area contributed by atoms with Crippen LogP contribution in [0.5, 0.6) is 0 Å². The van der Waals surface area contributed by atoms with Crippen molar-refractivity contribution in [2.24, 2.45) is 5.92 Å². The molecule has 1 atom stereocenters. The van der Waals surface area contributed by atoms with Gasteiger partial charge in [0.05, 0.1) is 24.5 Å². The van der Waals surface area contributed by atoms with E-state index >= 15 is 0 Å². The molecule has 1 unspecified atom stereocenters. The number of methoxy groups -OCH3 is 1. The zero-order valence-corrected chi connectivity index (χ0v) is 16.2. The van der Waals surface area contributed by atoms with Crippen molar-refractivity contribution in [1.29, 1.82) is 0 Å². The van der Waals surface area contributed by atoms with Crippen LogP contribution in [0.1, 0.15) is 31.4 Å². The number of nitrogens with zero attached hydrogens (tertiary/aromatic N) is 1. The summed E-state index contributed by atoms with van der Waals surface area (Å²) in [5.74, 6) is 0.797. The minimum absolute atomic E-state index is 0.0317. The molecular weight excluding hydrogens is 338 g/mol. The van der Waals surface area contributed by atoms with Gasteiger partial charge in [-0.25, -0.2) is 8.42 Å². The van der Waals surface area contributed by atoms with Crippen LogP contribution < -0.4 is 0 Å². The third kappa shape index (κ3) is 6.12. The summed E-state index contributed by atoms with van der Waals surface area (Å²) < 4.78 is 28.6. The number of sulfone groups is 1. The average Bonchev–Trinajstić information content (AvgIpc) is 2.89. The number of ether oxygens (including phenoxy) is 1. The molecule has 1 saturated heterocycles. The standard InChI is InChI=1S/C19H29NO4S/c1-15(2)12-16-4-6-17(7-5-16)13-19(21)20(9-10-24-3)18-8-11-25(22,23)14-18/h4-7,15,18H,8-14H2,1-3H3. The molecule has 0 spiro atoms. The molecule has 0 radical (unpaired) electrons. The molecule has 1 amide bonds. The highest BCUT2D eigenvalue weighted by Gasteiger charge is 2.34. The van der Waals surface area contributed by atoms with E-state index in [9.17, 15) is 13.2 Å². The number of hydrogen-bond acceptors (Lipinski definition) is 4. The van der Waals surface area contributed by atoms with Crippen LogP contribution >= 0.6 is 0 Å². The van der Waals surface area contributed by atoms with Crippen LogP contribution in [0.4, 0.5) is 0 Å². The Kier molecular flexibility index (Phi) is 7.02. The van der Waals surface area contributed by atoms with Crippen LogP contribution in [0.25, 0.3) is 0 Å². The Morgan fingerprint density at radius 3 is 2.40 bits per heavy atom. The van der Waals surface area contributed by atoms with E-state index < -0.39 is 9.84 Å². The molecule has 140 valence electrons. The number of amides is 1. The van der Waals surface area contributed by atoms with E-state index in [0.717, 1.165) is 12.0 Å². The summed E-state index contributed by atoms with van der Waals surface area (Å²) in [5.41, 5.74) is 2.23. The summed E-state index contributed by atoms with van der Waals surface area (Å²) in [6.07, 6.45) is 1.83. The zero-order valence-electron chi connectivity index (χ0n) is 15.4. The molecule has 0 bridgehead atoms. The van der Waals surface area contributed by atoms with Crippen LogP contribution in [0.15, 0.2) is 24.3 Å². The van der Waals surface area contributed by atoms with Gasteiger partial charge in [-0.15, -0.1) is 0 Å². The molecule has 25 heavy (non-hydrogen) atoms. The molecule has 1 aromatic carbocycles. The molecule has 1 aromatic rings. The fourth-order valence-corrected chi connectivity index (χ4v) is 4.99. The monoisotopic (exact) mass is 367 g/mol. The number of carbonyl (C=O) groups excluding carboxylic acids is 1. The minimum Gasteiger partial charge on any atom is -0.383 e. The van der Waals surface area contributed by atoms with E-state index in [0.29, 0.717) is 31.9 Å². The topological polar surface area (TPSA) is 63.7 Å². The molecule has 0 N–H and O–H groups in total. The van der Waals surface area contributed by atoms with Crippen LogP contribution in [-0.2, 0) is 32.2 Å². The number of hydrogen-bond donors (Lipinski definition) is 0. The Labute approximate surface area is 151 Å². The van der Waals surface area contributed by atoms with Gasteiger partial charge in [0, 0.05) is 19.7 Å². The third-order valence-corrected chi connectivity index (χ3v) is 6.28. The molecule has 1 fully saturated rings. The Hall–Kier alpha value is -1.40. The van der Waals surface area contributed by atoms with Gasteiger partial charge in [0.15, 0.2) is 9.84 Å². The summed E-state index contributed by atoms with van der Waals surface area (Å²) in [7, 11) is -1.44. The maximum atomic E-state index is 12.8. The molecule has 1 aliphatic heterocycles. The fraction of sp³-hybridized carbons (Fsp3) is 0.632. The Morgan fingerprint density at radius 2 is 1.88 bits per heavy atom. The fourth-order valence-electron chi connectivity index (χ4n) is 3.26. The summed E-state index contributed by atoms with van der Waals surface area (Å²) in [6.45, 7) is 5.21. The van der Waals surface area contributed by atoms with Gasteiger partial charge in [-0.3, -0.25) is 4.79 Å². The second kappa shape index (κ2) is 8.81. The summed E-state index contributed by atoms with van der Waals surface area (Å²) in [5, 5.41) is 0. The summed E-state index contributed by atoms with van der Waals surface area (Å²) >= 11 is 0. The van der Waals surface area contributed by atoms with Gasteiger partial charge in [-0.05, 0) is 29.9 Å². The highest BCUT2D eigenvalue weighted by atomic mass is 32.2. The highest BCUT2D eigenvalue weighted by molar-refractivity contribution is 7.91.